The van der Waals surface area contributed by atoms with Crippen LogP contribution in [0.25, 0.3) is 32.9 Å². The molecule has 8 rings (SSSR count). The van der Waals surface area contributed by atoms with Gasteiger partial charge >= 0.3 is 12.1 Å². The van der Waals surface area contributed by atoms with Crippen LogP contribution in [-0.2, 0) is 9.47 Å². The van der Waals surface area contributed by atoms with Gasteiger partial charge in [0, 0.05) is 50.3 Å². The van der Waals surface area contributed by atoms with E-state index in [4.69, 9.17) is 33.9 Å². The van der Waals surface area contributed by atoms with E-state index in [1.54, 1.807) is 24.4 Å². The standard InChI is InChI=1S/C50H65F3N6O5Si/c1-30(2)65(31(3)4,32(5)6)20-17-38-41(52)16-13-33-21-37(63-29-61-10)22-39(42(33)38)44-43(53)45-40(24-54-44)46(57-26-35-14-15-36(27-57)59(35)48(60)64-49(7,8)9)56-47(55-45)62-28-50-18-11-12-19-58(50)25-34(51)23-50/h13,16,21-22,24,30-32,34-36H,11-12,14-15,18-19,23,25-29H2,1-10H3/t34-,35+,36+,50+/m1/s1. The molecule has 0 unspecified atom stereocenters. The Balaban J connectivity index is 1.29. The largest absolute Gasteiger partial charge is 0.468 e. The van der Waals surface area contributed by atoms with Gasteiger partial charge in [-0.1, -0.05) is 60.0 Å². The summed E-state index contributed by atoms with van der Waals surface area (Å²) in [5.41, 5.74) is 3.76. The van der Waals surface area contributed by atoms with Crippen LogP contribution >= 0.6 is 0 Å². The van der Waals surface area contributed by atoms with Crippen molar-refractivity contribution in [3.8, 4) is 34.5 Å². The van der Waals surface area contributed by atoms with Crippen molar-refractivity contribution in [3.63, 3.8) is 0 Å². The van der Waals surface area contributed by atoms with Crippen LogP contribution in [0.15, 0.2) is 30.5 Å². The Kier molecular flexibility index (Phi) is 13.1. The Bertz CT molecular complexity index is 2470. The molecular formula is C50H65F3N6O5Si. The monoisotopic (exact) mass is 914 g/mol. The number of methoxy groups -OCH3 is 1. The lowest BCUT2D eigenvalue weighted by Gasteiger charge is -2.42. The molecule has 4 aliphatic heterocycles. The predicted molar refractivity (Wildman–Crippen MR) is 251 cm³/mol. The number of carbonyl (C=O) groups excluding carboxylic acids is 1. The molecule has 4 aliphatic rings. The van der Waals surface area contributed by atoms with Gasteiger partial charge in [-0.25, -0.2) is 18.0 Å². The number of piperidine rings is 1. The van der Waals surface area contributed by atoms with E-state index in [1.165, 1.54) is 13.2 Å². The van der Waals surface area contributed by atoms with Gasteiger partial charge < -0.3 is 23.8 Å². The van der Waals surface area contributed by atoms with Crippen molar-refractivity contribution in [1.82, 2.24) is 24.8 Å². The Hall–Kier alpha value is -4.65. The first kappa shape index (κ1) is 46.9. The summed E-state index contributed by atoms with van der Waals surface area (Å²) in [6.07, 6.45) is 4.86. The molecule has 0 aliphatic carbocycles. The van der Waals surface area contributed by atoms with E-state index in [9.17, 15) is 4.79 Å². The number of ether oxygens (including phenoxy) is 4. The number of anilines is 1. The number of nitrogens with zero attached hydrogens (tertiary/aromatic N) is 6. The van der Waals surface area contributed by atoms with E-state index in [1.807, 2.05) is 25.7 Å². The number of fused-ring (bicyclic) bond motifs is 5. The highest BCUT2D eigenvalue weighted by Gasteiger charge is 2.49. The molecular weight excluding hydrogens is 850 g/mol. The van der Waals surface area contributed by atoms with Gasteiger partial charge in [0.1, 0.15) is 55.0 Å². The SMILES string of the molecule is COCOc1cc(-c2ncc3c(N4C[C@@H]5CC[C@@H](C4)N5C(=O)OC(C)(C)C)nc(OC[C@@]45CCCCN4C[C@H](F)C5)nc3c2F)c2c(C#C[Si](C(C)C)(C(C)C)C(C)C)c(F)ccc2c1. The van der Waals surface area contributed by atoms with E-state index < -0.39 is 37.0 Å². The molecule has 0 spiro atoms. The number of benzene rings is 2. The summed E-state index contributed by atoms with van der Waals surface area (Å²) in [6, 6.07) is 6.10. The quantitative estimate of drug-likeness (QED) is 0.0821. The first-order valence-corrected chi connectivity index (χ1v) is 25.6. The van der Waals surface area contributed by atoms with Crippen LogP contribution < -0.4 is 14.4 Å². The van der Waals surface area contributed by atoms with Crippen LogP contribution in [0.2, 0.25) is 16.6 Å². The number of amides is 1. The lowest BCUT2D eigenvalue weighted by molar-refractivity contribution is 0.0122. The Morgan fingerprint density at radius 3 is 2.34 bits per heavy atom. The zero-order valence-corrected chi connectivity index (χ0v) is 40.7. The van der Waals surface area contributed by atoms with E-state index >= 15 is 13.2 Å². The molecule has 11 nitrogen and oxygen atoms in total. The van der Waals surface area contributed by atoms with Crippen molar-refractivity contribution in [3.05, 3.63) is 47.7 Å². The minimum Gasteiger partial charge on any atom is -0.468 e. The van der Waals surface area contributed by atoms with Crippen molar-refractivity contribution in [2.24, 2.45) is 0 Å². The number of carbonyl (C=O) groups is 1. The van der Waals surface area contributed by atoms with Crippen molar-refractivity contribution < 1.29 is 36.9 Å². The summed E-state index contributed by atoms with van der Waals surface area (Å²) in [4.78, 5) is 34.1. The maximum absolute atomic E-state index is 17.9. The van der Waals surface area contributed by atoms with Crippen LogP contribution in [0, 0.1) is 23.1 Å². The number of piperazine rings is 1. The molecule has 2 bridgehead atoms. The van der Waals surface area contributed by atoms with Crippen LogP contribution in [-0.4, -0.2) is 115 Å². The fourth-order valence-electron chi connectivity index (χ4n) is 11.5. The van der Waals surface area contributed by atoms with Crippen LogP contribution in [0.4, 0.5) is 23.8 Å². The van der Waals surface area contributed by atoms with Gasteiger partial charge in [0.2, 0.25) is 0 Å². The van der Waals surface area contributed by atoms with Crippen LogP contribution in [0.3, 0.4) is 0 Å². The van der Waals surface area contributed by atoms with Gasteiger partial charge in [0.25, 0.3) is 0 Å². The molecule has 2 aromatic carbocycles. The molecule has 0 saturated carbocycles. The molecule has 0 radical (unpaired) electrons. The zero-order chi connectivity index (χ0) is 46.6. The third-order valence-electron chi connectivity index (χ3n) is 14.4. The topological polar surface area (TPSA) is 102 Å². The van der Waals surface area contributed by atoms with Gasteiger partial charge in [-0.2, -0.15) is 9.97 Å². The molecule has 6 heterocycles. The van der Waals surface area contributed by atoms with Gasteiger partial charge in [-0.05, 0) is 93.2 Å². The number of hydrogen-bond donors (Lipinski definition) is 0. The molecule has 4 aromatic rings. The van der Waals surface area contributed by atoms with Gasteiger partial charge in [-0.3, -0.25) is 14.8 Å². The van der Waals surface area contributed by atoms with Gasteiger partial charge in [-0.15, -0.1) is 5.54 Å². The normalized spacial score (nSPS) is 22.6. The van der Waals surface area contributed by atoms with E-state index in [0.29, 0.717) is 70.4 Å². The number of alkyl halides is 1. The number of pyridine rings is 1. The number of halogens is 3. The van der Waals surface area contributed by atoms with Gasteiger partial charge in [0.15, 0.2) is 12.6 Å². The first-order valence-electron chi connectivity index (χ1n) is 23.4. The second-order valence-electron chi connectivity index (χ2n) is 20.6. The van der Waals surface area contributed by atoms with E-state index in [2.05, 4.69) is 62.8 Å². The van der Waals surface area contributed by atoms with Crippen LogP contribution in [0.1, 0.15) is 106 Å². The highest BCUT2D eigenvalue weighted by atomic mass is 28.3. The third-order valence-corrected chi connectivity index (χ3v) is 20.7. The minimum atomic E-state index is -2.33. The smallest absolute Gasteiger partial charge is 0.410 e. The highest BCUT2D eigenvalue weighted by molar-refractivity contribution is 6.90. The highest BCUT2D eigenvalue weighted by Crippen LogP contribution is 2.44. The number of rotatable bonds is 11. The molecule has 15 heteroatoms. The molecule has 0 N–H and O–H groups in total. The summed E-state index contributed by atoms with van der Waals surface area (Å²) in [7, 11) is -0.818. The first-order chi connectivity index (χ1) is 30.9. The molecule has 350 valence electrons. The summed E-state index contributed by atoms with van der Waals surface area (Å²) in [5.74, 6) is 2.87. The van der Waals surface area contributed by atoms with Crippen molar-refractivity contribution in [2.45, 2.75) is 147 Å². The fourth-order valence-corrected chi connectivity index (χ4v) is 16.8. The average Bonchev–Trinajstić information content (AvgIpc) is 3.73. The maximum Gasteiger partial charge on any atom is 0.410 e. The predicted octanol–water partition coefficient (Wildman–Crippen LogP) is 10.6. The van der Waals surface area contributed by atoms with Crippen molar-refractivity contribution >= 4 is 41.7 Å². The Labute approximate surface area is 382 Å². The molecule has 4 fully saturated rings. The van der Waals surface area contributed by atoms with Crippen molar-refractivity contribution in [2.75, 3.05) is 51.6 Å². The lowest BCUT2D eigenvalue weighted by atomic mass is 9.87. The summed E-state index contributed by atoms with van der Waals surface area (Å²) in [5, 5.41) is 1.36. The summed E-state index contributed by atoms with van der Waals surface area (Å²) in [6.45, 7) is 20.8. The maximum atomic E-state index is 17.9. The third kappa shape index (κ3) is 8.87. The van der Waals surface area contributed by atoms with Crippen molar-refractivity contribution in [1.29, 1.82) is 0 Å². The zero-order valence-electron chi connectivity index (χ0n) is 39.7. The average molecular weight is 915 g/mol. The molecule has 65 heavy (non-hydrogen) atoms. The lowest BCUT2D eigenvalue weighted by Crippen LogP contribution is -2.57. The second-order valence-corrected chi connectivity index (χ2v) is 26.2. The molecule has 4 saturated heterocycles. The Morgan fingerprint density at radius 1 is 0.969 bits per heavy atom. The summed E-state index contributed by atoms with van der Waals surface area (Å²) < 4.78 is 72.8. The van der Waals surface area contributed by atoms with E-state index in [-0.39, 0.29) is 59.9 Å². The number of hydrogen-bond acceptors (Lipinski definition) is 10. The second kappa shape index (κ2) is 18.2. The summed E-state index contributed by atoms with van der Waals surface area (Å²) >= 11 is 0. The molecule has 1 amide bonds. The fraction of sp³-hybridized carbons (Fsp3) is 0.600. The van der Waals surface area contributed by atoms with Gasteiger partial charge in [0.05, 0.1) is 28.6 Å². The van der Waals surface area contributed by atoms with Crippen LogP contribution in [0.5, 0.6) is 11.8 Å². The molecule has 2 aromatic heterocycles. The number of aromatic nitrogens is 3. The van der Waals surface area contributed by atoms with E-state index in [0.717, 1.165) is 38.6 Å². The Morgan fingerprint density at radius 2 is 1.68 bits per heavy atom. The molecule has 4 atom stereocenters. The minimum absolute atomic E-state index is 0.0315.